The minimum atomic E-state index is -0.178. The molecule has 3 rings (SSSR count). The average molecular weight is 243 g/mol. The second-order valence-corrected chi connectivity index (χ2v) is 4.43. The third kappa shape index (κ3) is 1.88. The van der Waals surface area contributed by atoms with E-state index in [1.54, 1.807) is 17.9 Å². The lowest BCUT2D eigenvalue weighted by Gasteiger charge is -2.05. The fourth-order valence-corrected chi connectivity index (χ4v) is 2.21. The second kappa shape index (κ2) is 4.25. The van der Waals surface area contributed by atoms with E-state index in [-0.39, 0.29) is 11.7 Å². The van der Waals surface area contributed by atoms with Gasteiger partial charge in [0, 0.05) is 18.8 Å². The molecule has 0 saturated carbocycles. The van der Waals surface area contributed by atoms with Gasteiger partial charge in [0.15, 0.2) is 0 Å². The van der Waals surface area contributed by atoms with Gasteiger partial charge in [-0.1, -0.05) is 23.4 Å². The molecule has 2 aromatic rings. The molecule has 2 heterocycles. The van der Waals surface area contributed by atoms with E-state index in [1.165, 1.54) is 0 Å². The molecule has 5 heteroatoms. The molecule has 0 bridgehead atoms. The summed E-state index contributed by atoms with van der Waals surface area (Å²) in [6.45, 7) is 0.429. The van der Waals surface area contributed by atoms with Gasteiger partial charge in [0.05, 0.1) is 18.0 Å². The molecule has 5 nitrogen and oxygen atoms in total. The number of hydrogen-bond acceptors (Lipinski definition) is 4. The first-order chi connectivity index (χ1) is 8.74. The van der Waals surface area contributed by atoms with E-state index in [2.05, 4.69) is 10.3 Å². The van der Waals surface area contributed by atoms with Crippen LogP contribution < -0.4 is 4.74 Å². The predicted octanol–water partition coefficient (Wildman–Crippen LogP) is 1.10. The monoisotopic (exact) mass is 243 g/mol. The summed E-state index contributed by atoms with van der Waals surface area (Å²) in [4.78, 5) is 12.2. The summed E-state index contributed by atoms with van der Waals surface area (Å²) in [6.07, 6.45) is 2.07. The molecule has 0 spiro atoms. The van der Waals surface area contributed by atoms with Crippen LogP contribution in [0.15, 0.2) is 30.5 Å². The van der Waals surface area contributed by atoms with Crippen molar-refractivity contribution in [2.45, 2.75) is 12.3 Å². The van der Waals surface area contributed by atoms with Gasteiger partial charge >= 0.3 is 0 Å². The highest BCUT2D eigenvalue weighted by atomic mass is 16.5. The van der Waals surface area contributed by atoms with Crippen LogP contribution in [0, 0.1) is 0 Å². The zero-order valence-electron chi connectivity index (χ0n) is 10.0. The number of ether oxygens (including phenoxy) is 1. The number of rotatable bonds is 3. The molecular formula is C13H13N3O2. The number of aryl methyl sites for hydroxylation is 1. The van der Waals surface area contributed by atoms with E-state index < -0.39 is 0 Å². The molecule has 1 aromatic heterocycles. The van der Waals surface area contributed by atoms with Crippen LogP contribution >= 0.6 is 0 Å². The van der Waals surface area contributed by atoms with Gasteiger partial charge in [-0.2, -0.15) is 0 Å². The van der Waals surface area contributed by atoms with E-state index in [1.807, 2.05) is 24.3 Å². The number of benzene rings is 1. The molecule has 0 fully saturated rings. The Hall–Kier alpha value is -2.17. The minimum absolute atomic E-state index is 0.125. The van der Waals surface area contributed by atoms with Gasteiger partial charge in [-0.3, -0.25) is 9.48 Å². The van der Waals surface area contributed by atoms with Gasteiger partial charge in [-0.05, 0) is 6.07 Å². The third-order valence-electron chi connectivity index (χ3n) is 3.09. The topological polar surface area (TPSA) is 57.0 Å². The maximum Gasteiger partial charge on any atom is 0.149 e. The lowest BCUT2D eigenvalue weighted by molar-refractivity contribution is -0.120. The van der Waals surface area contributed by atoms with Crippen LogP contribution in [-0.2, 0) is 18.3 Å². The molecule has 0 N–H and O–H groups in total. The van der Waals surface area contributed by atoms with Crippen LogP contribution in [0.2, 0.25) is 0 Å². The van der Waals surface area contributed by atoms with Crippen molar-refractivity contribution in [3.05, 3.63) is 41.7 Å². The highest BCUT2D eigenvalue weighted by molar-refractivity contribution is 5.88. The van der Waals surface area contributed by atoms with E-state index in [0.29, 0.717) is 18.7 Å². The molecule has 1 aliphatic rings. The van der Waals surface area contributed by atoms with Crippen molar-refractivity contribution in [2.75, 3.05) is 6.61 Å². The fourth-order valence-electron chi connectivity index (χ4n) is 2.21. The first kappa shape index (κ1) is 11.0. The Labute approximate surface area is 104 Å². The van der Waals surface area contributed by atoms with Gasteiger partial charge in [-0.25, -0.2) is 0 Å². The number of fused-ring (bicyclic) bond motifs is 1. The molecule has 1 atom stereocenters. The van der Waals surface area contributed by atoms with E-state index >= 15 is 0 Å². The number of nitrogens with zero attached hydrogens (tertiary/aromatic N) is 3. The van der Waals surface area contributed by atoms with Crippen LogP contribution in [0.5, 0.6) is 5.75 Å². The van der Waals surface area contributed by atoms with Crippen molar-refractivity contribution in [1.82, 2.24) is 15.0 Å². The summed E-state index contributed by atoms with van der Waals surface area (Å²) in [7, 11) is 1.79. The largest absolute Gasteiger partial charge is 0.492 e. The quantitative estimate of drug-likeness (QED) is 0.810. The predicted molar refractivity (Wildman–Crippen MR) is 64.4 cm³/mol. The second-order valence-electron chi connectivity index (χ2n) is 4.43. The number of para-hydroxylation sites is 1. The SMILES string of the molecule is Cn1cc(CC(=O)C2COc3ccccc32)nn1. The molecule has 1 aromatic carbocycles. The molecule has 1 aliphatic heterocycles. The summed E-state index contributed by atoms with van der Waals surface area (Å²) in [6, 6.07) is 7.68. The molecule has 1 unspecified atom stereocenters. The van der Waals surface area contributed by atoms with Crippen molar-refractivity contribution >= 4 is 5.78 Å². The standard InChI is InChI=1S/C13H13N3O2/c1-16-7-9(14-15-16)6-12(17)11-8-18-13-5-3-2-4-10(11)13/h2-5,7,11H,6,8H2,1H3. The van der Waals surface area contributed by atoms with Crippen molar-refractivity contribution < 1.29 is 9.53 Å². The summed E-state index contributed by atoms with van der Waals surface area (Å²) in [5, 5.41) is 7.76. The molecule has 92 valence electrons. The van der Waals surface area contributed by atoms with Crippen molar-refractivity contribution in [3.63, 3.8) is 0 Å². The van der Waals surface area contributed by atoms with Gasteiger partial charge in [-0.15, -0.1) is 5.10 Å². The summed E-state index contributed by atoms with van der Waals surface area (Å²) >= 11 is 0. The summed E-state index contributed by atoms with van der Waals surface area (Å²) < 4.78 is 7.11. The van der Waals surface area contributed by atoms with Crippen molar-refractivity contribution in [2.24, 2.45) is 7.05 Å². The molecule has 0 amide bonds. The lowest BCUT2D eigenvalue weighted by Crippen LogP contribution is -2.16. The van der Waals surface area contributed by atoms with Crippen molar-refractivity contribution in [1.29, 1.82) is 0 Å². The zero-order valence-corrected chi connectivity index (χ0v) is 10.0. The molecule has 0 radical (unpaired) electrons. The number of Topliss-reactive ketones (excluding diaryl/α,β-unsaturated/α-hetero) is 1. The lowest BCUT2D eigenvalue weighted by atomic mass is 9.94. The Morgan fingerprint density at radius 3 is 3.11 bits per heavy atom. The minimum Gasteiger partial charge on any atom is -0.492 e. The van der Waals surface area contributed by atoms with E-state index in [9.17, 15) is 4.79 Å². The van der Waals surface area contributed by atoms with Crippen LogP contribution in [0.4, 0.5) is 0 Å². The number of carbonyl (C=O) groups is 1. The van der Waals surface area contributed by atoms with E-state index in [0.717, 1.165) is 11.3 Å². The Morgan fingerprint density at radius 2 is 2.33 bits per heavy atom. The number of hydrogen-bond donors (Lipinski definition) is 0. The van der Waals surface area contributed by atoms with E-state index in [4.69, 9.17) is 4.74 Å². The normalized spacial score (nSPS) is 17.3. The molecule has 0 saturated heterocycles. The number of ketones is 1. The van der Waals surface area contributed by atoms with Crippen LogP contribution in [0.1, 0.15) is 17.2 Å². The van der Waals surface area contributed by atoms with Gasteiger partial charge in [0.25, 0.3) is 0 Å². The maximum absolute atomic E-state index is 12.2. The van der Waals surface area contributed by atoms with Gasteiger partial charge in [0.1, 0.15) is 18.1 Å². The van der Waals surface area contributed by atoms with Gasteiger partial charge < -0.3 is 4.74 Å². The molecular weight excluding hydrogens is 230 g/mol. The molecule has 0 aliphatic carbocycles. The van der Waals surface area contributed by atoms with Crippen LogP contribution in [-0.4, -0.2) is 27.4 Å². The summed E-state index contributed by atoms with van der Waals surface area (Å²) in [5.41, 5.74) is 1.68. The van der Waals surface area contributed by atoms with Gasteiger partial charge in [0.2, 0.25) is 0 Å². The highest BCUT2D eigenvalue weighted by Crippen LogP contribution is 2.34. The number of carbonyl (C=O) groups excluding carboxylic acids is 1. The summed E-state index contributed by atoms with van der Waals surface area (Å²) in [5.74, 6) is 0.763. The fraction of sp³-hybridized carbons (Fsp3) is 0.308. The Bertz CT molecular complexity index is 591. The first-order valence-electron chi connectivity index (χ1n) is 5.83. The Kier molecular flexibility index (Phi) is 2.59. The Balaban J connectivity index is 1.78. The number of aromatic nitrogens is 3. The van der Waals surface area contributed by atoms with Crippen LogP contribution in [0.25, 0.3) is 0 Å². The maximum atomic E-state index is 12.2. The van der Waals surface area contributed by atoms with Crippen molar-refractivity contribution in [3.8, 4) is 5.75 Å². The third-order valence-corrected chi connectivity index (χ3v) is 3.09. The smallest absolute Gasteiger partial charge is 0.149 e. The first-order valence-corrected chi connectivity index (χ1v) is 5.83. The average Bonchev–Trinajstić information content (AvgIpc) is 2.95. The zero-order chi connectivity index (χ0) is 12.5. The van der Waals surface area contributed by atoms with Crippen LogP contribution in [0.3, 0.4) is 0 Å². The Morgan fingerprint density at radius 1 is 1.50 bits per heavy atom. The molecule has 18 heavy (non-hydrogen) atoms. The highest BCUT2D eigenvalue weighted by Gasteiger charge is 2.30.